The Labute approximate surface area is 450 Å². The van der Waals surface area contributed by atoms with Gasteiger partial charge in [0.05, 0.1) is 88.0 Å². The Morgan fingerprint density at radius 1 is 0.273 bits per heavy atom. The number of ether oxygens (including phenoxy) is 8. The van der Waals surface area contributed by atoms with Gasteiger partial charge in [0.1, 0.15) is 46.0 Å². The Bertz CT molecular complexity index is 2900. The highest BCUT2D eigenvalue weighted by molar-refractivity contribution is 5.83. The van der Waals surface area contributed by atoms with E-state index in [4.69, 9.17) is 37.9 Å². The average Bonchev–Trinajstić information content (AvgIpc) is 3.48. The predicted molar refractivity (Wildman–Crippen MR) is 304 cm³/mol. The van der Waals surface area contributed by atoms with Gasteiger partial charge in [0.2, 0.25) is 0 Å². The molecule has 0 saturated carbocycles. The van der Waals surface area contributed by atoms with Crippen molar-refractivity contribution < 1.29 is 37.9 Å². The lowest BCUT2D eigenvalue weighted by Crippen LogP contribution is -2.04. The van der Waals surface area contributed by atoms with E-state index in [-0.39, 0.29) is 0 Å². The molecular formula is C63H62N6O8. The fourth-order valence-corrected chi connectivity index (χ4v) is 7.29. The molecule has 0 aromatic heterocycles. The third-order valence-electron chi connectivity index (χ3n) is 11.5. The molecule has 0 aliphatic rings. The van der Waals surface area contributed by atoms with Crippen LogP contribution in [0.2, 0.25) is 0 Å². The summed E-state index contributed by atoms with van der Waals surface area (Å²) in [6, 6.07) is 61.2. The maximum Gasteiger partial charge on any atom is 0.121 e. The highest BCUT2D eigenvalue weighted by Crippen LogP contribution is 2.27. The summed E-state index contributed by atoms with van der Waals surface area (Å²) < 4.78 is 46.1. The molecule has 8 rings (SSSR count). The average molecular weight is 1030 g/mol. The standard InChI is InChI=1S/C63H62N6O8/c1-70-56-30-18-50(19-31-56)66-68-52-22-34-60(35-23-52)74-42-8-40-72-58-26-14-48(15-27-58)46-64-54-10-6-12-62(44-54)76-38-4-3-5-39-77-63-13-7-11-55(45-63)65-47-49-16-28-59(29-17-49)73-41-9-43-75-61-36-24-53(25-37-61)69-67-51-20-32-57(71-2)33-21-51/h6-7,10-37,44-47H,3-5,8-9,38-43H2,1-2H3. The van der Waals surface area contributed by atoms with Crippen LogP contribution in [0.15, 0.2) is 225 Å². The summed E-state index contributed by atoms with van der Waals surface area (Å²) in [6.07, 6.45) is 7.94. The zero-order valence-electron chi connectivity index (χ0n) is 43.4. The van der Waals surface area contributed by atoms with Gasteiger partial charge >= 0.3 is 0 Å². The number of hydrogen-bond acceptors (Lipinski definition) is 14. The summed E-state index contributed by atoms with van der Waals surface area (Å²) in [5.41, 5.74) is 6.56. The van der Waals surface area contributed by atoms with Crippen LogP contribution in [0, 0.1) is 0 Å². The van der Waals surface area contributed by atoms with E-state index in [9.17, 15) is 0 Å². The van der Waals surface area contributed by atoms with E-state index < -0.39 is 0 Å². The van der Waals surface area contributed by atoms with Gasteiger partial charge < -0.3 is 37.9 Å². The lowest BCUT2D eigenvalue weighted by atomic mass is 10.2. The van der Waals surface area contributed by atoms with Crippen LogP contribution in [0.3, 0.4) is 0 Å². The highest BCUT2D eigenvalue weighted by atomic mass is 16.5. The van der Waals surface area contributed by atoms with Gasteiger partial charge in [-0.1, -0.05) is 12.1 Å². The molecule has 0 unspecified atom stereocenters. The second-order valence-corrected chi connectivity index (χ2v) is 17.3. The summed E-state index contributed by atoms with van der Waals surface area (Å²) in [5, 5.41) is 17.1. The van der Waals surface area contributed by atoms with Gasteiger partial charge in [-0.05, 0) is 200 Å². The molecule has 0 N–H and O–H groups in total. The first-order valence-corrected chi connectivity index (χ1v) is 25.6. The van der Waals surface area contributed by atoms with Crippen molar-refractivity contribution in [1.29, 1.82) is 0 Å². The van der Waals surface area contributed by atoms with Crippen LogP contribution >= 0.6 is 0 Å². The maximum absolute atomic E-state index is 6.05. The zero-order valence-corrected chi connectivity index (χ0v) is 43.4. The molecule has 0 spiro atoms. The van der Waals surface area contributed by atoms with Crippen LogP contribution in [0.25, 0.3) is 0 Å². The monoisotopic (exact) mass is 1030 g/mol. The minimum Gasteiger partial charge on any atom is -0.497 e. The first-order chi connectivity index (χ1) is 38.0. The number of nitrogens with zero attached hydrogens (tertiary/aromatic N) is 6. The van der Waals surface area contributed by atoms with Crippen LogP contribution in [-0.2, 0) is 0 Å². The van der Waals surface area contributed by atoms with Crippen LogP contribution < -0.4 is 37.9 Å². The molecule has 77 heavy (non-hydrogen) atoms. The number of azo groups is 2. The quantitative estimate of drug-likeness (QED) is 0.0246. The van der Waals surface area contributed by atoms with Crippen LogP contribution in [0.1, 0.15) is 43.2 Å². The van der Waals surface area contributed by atoms with Crippen molar-refractivity contribution in [2.75, 3.05) is 53.9 Å². The number of benzene rings is 8. The maximum atomic E-state index is 6.05. The molecule has 14 nitrogen and oxygen atoms in total. The first kappa shape index (κ1) is 54.0. The lowest BCUT2D eigenvalue weighted by Gasteiger charge is -2.09. The fourth-order valence-electron chi connectivity index (χ4n) is 7.29. The number of aliphatic imine (C=N–C) groups is 2. The third kappa shape index (κ3) is 19.2. The van der Waals surface area contributed by atoms with Crippen LogP contribution in [0.4, 0.5) is 34.1 Å². The highest BCUT2D eigenvalue weighted by Gasteiger charge is 2.04. The zero-order chi connectivity index (χ0) is 53.0. The van der Waals surface area contributed by atoms with Crippen molar-refractivity contribution >= 4 is 46.6 Å². The van der Waals surface area contributed by atoms with E-state index in [0.29, 0.717) is 39.6 Å². The molecular weight excluding hydrogens is 969 g/mol. The Morgan fingerprint density at radius 2 is 0.558 bits per heavy atom. The summed E-state index contributed by atoms with van der Waals surface area (Å²) in [7, 11) is 3.27. The second kappa shape index (κ2) is 30.2. The number of methoxy groups -OCH3 is 2. The largest absolute Gasteiger partial charge is 0.497 e. The van der Waals surface area contributed by atoms with Crippen molar-refractivity contribution in [2.45, 2.75) is 32.1 Å². The van der Waals surface area contributed by atoms with Gasteiger partial charge in [-0.2, -0.15) is 20.5 Å². The molecule has 0 fully saturated rings. The Morgan fingerprint density at radius 3 is 0.883 bits per heavy atom. The molecule has 392 valence electrons. The minimum absolute atomic E-state index is 0.530. The lowest BCUT2D eigenvalue weighted by molar-refractivity contribution is 0.247. The molecule has 0 bridgehead atoms. The van der Waals surface area contributed by atoms with Crippen molar-refractivity contribution in [3.63, 3.8) is 0 Å². The fraction of sp³-hybridized carbons (Fsp3) is 0.206. The second-order valence-electron chi connectivity index (χ2n) is 17.3. The van der Waals surface area contributed by atoms with Crippen molar-refractivity contribution in [2.24, 2.45) is 30.4 Å². The Hall–Kier alpha value is -9.30. The van der Waals surface area contributed by atoms with Crippen molar-refractivity contribution in [1.82, 2.24) is 0 Å². The molecule has 0 radical (unpaired) electrons. The van der Waals surface area contributed by atoms with Gasteiger partial charge in [-0.25, -0.2) is 0 Å². The molecule has 0 atom stereocenters. The van der Waals surface area contributed by atoms with E-state index >= 15 is 0 Å². The normalized spacial score (nSPS) is 11.4. The molecule has 0 heterocycles. The molecule has 0 amide bonds. The Kier molecular flexibility index (Phi) is 21.1. The van der Waals surface area contributed by atoms with Crippen LogP contribution in [0.5, 0.6) is 46.0 Å². The van der Waals surface area contributed by atoms with E-state index in [1.807, 2.05) is 207 Å². The molecule has 0 saturated heterocycles. The molecule has 0 aliphatic heterocycles. The van der Waals surface area contributed by atoms with Crippen LogP contribution in [-0.4, -0.2) is 66.3 Å². The summed E-state index contributed by atoms with van der Waals surface area (Å²) >= 11 is 0. The minimum atomic E-state index is 0.530. The Balaban J connectivity index is 0.644. The van der Waals surface area contributed by atoms with Gasteiger partial charge in [-0.3, -0.25) is 9.98 Å². The number of rotatable bonds is 30. The number of hydrogen-bond donors (Lipinski definition) is 0. The topological polar surface area (TPSA) is 148 Å². The van der Waals surface area contributed by atoms with Crippen molar-refractivity contribution in [3.05, 3.63) is 205 Å². The third-order valence-corrected chi connectivity index (χ3v) is 11.5. The van der Waals surface area contributed by atoms with Crippen molar-refractivity contribution in [3.8, 4) is 46.0 Å². The smallest absolute Gasteiger partial charge is 0.121 e. The van der Waals surface area contributed by atoms with Gasteiger partial charge in [0.25, 0.3) is 0 Å². The van der Waals surface area contributed by atoms with Gasteiger partial charge in [0.15, 0.2) is 0 Å². The predicted octanol–water partition coefficient (Wildman–Crippen LogP) is 16.4. The molecule has 8 aromatic rings. The summed E-state index contributed by atoms with van der Waals surface area (Å²) in [4.78, 5) is 9.34. The van der Waals surface area contributed by atoms with Gasteiger partial charge in [0, 0.05) is 37.4 Å². The molecule has 0 aliphatic carbocycles. The molecule has 14 heteroatoms. The summed E-state index contributed by atoms with van der Waals surface area (Å²) in [6.45, 7) is 3.35. The van der Waals surface area contributed by atoms with E-state index in [0.717, 1.165) is 123 Å². The molecule has 8 aromatic carbocycles. The van der Waals surface area contributed by atoms with Gasteiger partial charge in [-0.15, -0.1) is 0 Å². The SMILES string of the molecule is COc1ccc(N=Nc2ccc(OCCCOc3ccc(C=Nc4cccc(OCCCCCOc5cccc(N=Cc6ccc(OCCCOc7ccc(N=Nc8ccc(OC)cc8)cc7)cc6)c5)c4)cc3)cc2)cc1. The van der Waals surface area contributed by atoms with E-state index in [1.165, 1.54) is 0 Å². The van der Waals surface area contributed by atoms with E-state index in [2.05, 4.69) is 30.4 Å². The summed E-state index contributed by atoms with van der Waals surface area (Å²) in [5.74, 6) is 6.25. The number of unbranched alkanes of at least 4 members (excludes halogenated alkanes) is 2. The van der Waals surface area contributed by atoms with E-state index in [1.54, 1.807) is 14.2 Å². The first-order valence-electron chi connectivity index (χ1n) is 25.6.